The molecule has 2 aromatic heterocycles. The molecule has 0 radical (unpaired) electrons. The highest BCUT2D eigenvalue weighted by molar-refractivity contribution is 14.1. The van der Waals surface area contributed by atoms with Crippen molar-refractivity contribution in [2.75, 3.05) is 7.11 Å². The Morgan fingerprint density at radius 3 is 2.63 bits per heavy atom. The molecule has 0 amide bonds. The molecule has 1 atom stereocenters. The summed E-state index contributed by atoms with van der Waals surface area (Å²) in [6.07, 6.45) is 7.31. The van der Waals surface area contributed by atoms with Gasteiger partial charge in [0.1, 0.15) is 17.2 Å². The van der Waals surface area contributed by atoms with Crippen molar-refractivity contribution < 1.29 is 4.74 Å². The minimum absolute atomic E-state index is 0.594. The van der Waals surface area contributed by atoms with Crippen molar-refractivity contribution in [3.8, 4) is 17.1 Å². The normalized spacial score (nSPS) is 16.6. The molecule has 8 heteroatoms. The van der Waals surface area contributed by atoms with Crippen LogP contribution in [0.1, 0.15) is 16.7 Å². The van der Waals surface area contributed by atoms with Crippen molar-refractivity contribution in [2.24, 2.45) is 15.4 Å². The molecule has 5 aromatic rings. The quantitative estimate of drug-likeness (QED) is 0.109. The second-order valence-corrected chi connectivity index (χ2v) is 11.0. The monoisotopic (exact) mass is 612 g/mol. The fourth-order valence-corrected chi connectivity index (χ4v) is 5.72. The molecule has 0 saturated heterocycles. The Labute approximate surface area is 234 Å². The van der Waals surface area contributed by atoms with Crippen LogP contribution in [-0.4, -0.2) is 30.9 Å². The molecule has 6 rings (SSSR count). The molecule has 0 bridgehead atoms. The topological polar surface area (TPSA) is 77.0 Å². The van der Waals surface area contributed by atoms with Gasteiger partial charge in [0.25, 0.3) is 0 Å². The van der Waals surface area contributed by atoms with Crippen LogP contribution in [0, 0.1) is 0 Å². The van der Waals surface area contributed by atoms with E-state index in [9.17, 15) is 0 Å². The number of ether oxygens (including phenoxy) is 1. The first kappa shape index (κ1) is 24.4. The standard InChI is InChI=1S/C30H25IN6O/c1-38-25-11-9-21(10-12-25)18-30(31)29(34-36-35-30)24-13-15-32-27(17-24)28-19-37(20-33-28)16-14-23-7-4-6-22-5-2-3-8-26(22)23/h2-13,15,17,19-20H,14,16,18H2,1H3. The summed E-state index contributed by atoms with van der Waals surface area (Å²) in [7, 11) is 1.67. The minimum Gasteiger partial charge on any atom is -0.497 e. The number of alkyl halides is 1. The molecule has 3 aromatic carbocycles. The summed E-state index contributed by atoms with van der Waals surface area (Å²) >= 11 is 2.34. The Morgan fingerprint density at radius 2 is 1.76 bits per heavy atom. The predicted octanol–water partition coefficient (Wildman–Crippen LogP) is 6.89. The highest BCUT2D eigenvalue weighted by atomic mass is 127. The van der Waals surface area contributed by atoms with Crippen LogP contribution in [0.4, 0.5) is 0 Å². The third-order valence-corrected chi connectivity index (χ3v) is 7.86. The number of rotatable bonds is 8. The van der Waals surface area contributed by atoms with Crippen LogP contribution >= 0.6 is 22.6 Å². The van der Waals surface area contributed by atoms with Crippen LogP contribution in [-0.2, 0) is 19.4 Å². The highest BCUT2D eigenvalue weighted by Crippen LogP contribution is 2.36. The molecule has 1 aliphatic heterocycles. The summed E-state index contributed by atoms with van der Waals surface area (Å²) < 4.78 is 6.81. The number of aromatic nitrogens is 3. The van der Waals surface area contributed by atoms with E-state index in [2.05, 4.69) is 101 Å². The lowest BCUT2D eigenvalue weighted by Crippen LogP contribution is -2.30. The lowest BCUT2D eigenvalue weighted by molar-refractivity contribution is 0.414. The van der Waals surface area contributed by atoms with E-state index >= 15 is 0 Å². The maximum atomic E-state index is 5.28. The van der Waals surface area contributed by atoms with E-state index in [1.165, 1.54) is 16.3 Å². The molecule has 1 unspecified atom stereocenters. The molecule has 7 nitrogen and oxygen atoms in total. The number of pyridine rings is 1. The molecular weight excluding hydrogens is 587 g/mol. The Bertz CT molecular complexity index is 1650. The van der Waals surface area contributed by atoms with Crippen molar-refractivity contribution in [2.45, 2.75) is 22.9 Å². The zero-order valence-corrected chi connectivity index (χ0v) is 23.0. The number of imidazole rings is 1. The molecule has 38 heavy (non-hydrogen) atoms. The SMILES string of the molecule is COc1ccc(CC2(I)N=NN=C2c2ccnc(-c3cn(CCc4cccc5ccccc45)cn3)c2)cc1. The molecule has 0 saturated carbocycles. The number of fused-ring (bicyclic) bond motifs is 1. The smallest absolute Gasteiger partial charge is 0.182 e. The average molecular weight is 612 g/mol. The molecule has 0 aliphatic carbocycles. The first-order chi connectivity index (χ1) is 18.6. The van der Waals surface area contributed by atoms with Crippen LogP contribution in [0.3, 0.4) is 0 Å². The fourth-order valence-electron chi connectivity index (χ4n) is 4.77. The summed E-state index contributed by atoms with van der Waals surface area (Å²) in [6.45, 7) is 0.837. The lowest BCUT2D eigenvalue weighted by Gasteiger charge is -2.20. The number of aryl methyl sites for hydroxylation is 2. The number of hydrogen-bond acceptors (Lipinski definition) is 6. The van der Waals surface area contributed by atoms with Gasteiger partial charge in [-0.3, -0.25) is 4.98 Å². The third kappa shape index (κ3) is 4.96. The predicted molar refractivity (Wildman–Crippen MR) is 158 cm³/mol. The first-order valence-electron chi connectivity index (χ1n) is 12.4. The van der Waals surface area contributed by atoms with E-state index in [1.807, 2.05) is 42.7 Å². The van der Waals surface area contributed by atoms with E-state index < -0.39 is 3.55 Å². The van der Waals surface area contributed by atoms with Gasteiger partial charge in [0.05, 0.1) is 19.1 Å². The van der Waals surface area contributed by atoms with Crippen LogP contribution in [0.15, 0.2) is 113 Å². The Hall–Kier alpha value is -3.92. The van der Waals surface area contributed by atoms with Crippen molar-refractivity contribution in [1.82, 2.24) is 14.5 Å². The second-order valence-electron chi connectivity index (χ2n) is 9.24. The minimum atomic E-state index is -0.594. The summed E-state index contributed by atoms with van der Waals surface area (Å²) in [4.78, 5) is 9.25. The maximum absolute atomic E-state index is 5.28. The van der Waals surface area contributed by atoms with Crippen LogP contribution in [0.5, 0.6) is 5.75 Å². The zero-order valence-electron chi connectivity index (χ0n) is 20.8. The van der Waals surface area contributed by atoms with E-state index in [0.29, 0.717) is 6.42 Å². The van der Waals surface area contributed by atoms with E-state index in [4.69, 9.17) is 4.74 Å². The van der Waals surface area contributed by atoms with Crippen molar-refractivity contribution in [3.05, 3.63) is 114 Å². The van der Waals surface area contributed by atoms with Crippen molar-refractivity contribution in [3.63, 3.8) is 0 Å². The van der Waals surface area contributed by atoms with Gasteiger partial charge in [-0.25, -0.2) is 4.98 Å². The van der Waals surface area contributed by atoms with Crippen LogP contribution < -0.4 is 4.74 Å². The molecule has 0 fully saturated rings. The first-order valence-corrected chi connectivity index (χ1v) is 13.5. The second kappa shape index (κ2) is 10.4. The van der Waals surface area contributed by atoms with Gasteiger partial charge in [-0.05, 0) is 80.4 Å². The number of methoxy groups -OCH3 is 1. The molecule has 0 N–H and O–H groups in total. The van der Waals surface area contributed by atoms with Gasteiger partial charge < -0.3 is 9.30 Å². The third-order valence-electron chi connectivity index (χ3n) is 6.76. The average Bonchev–Trinajstić information content (AvgIpc) is 3.59. The van der Waals surface area contributed by atoms with Crippen molar-refractivity contribution in [1.29, 1.82) is 0 Å². The molecule has 0 spiro atoms. The van der Waals surface area contributed by atoms with E-state index in [-0.39, 0.29) is 0 Å². The Morgan fingerprint density at radius 1 is 0.921 bits per heavy atom. The van der Waals surface area contributed by atoms with Crippen LogP contribution in [0.25, 0.3) is 22.2 Å². The van der Waals surface area contributed by atoms with E-state index in [1.54, 1.807) is 13.3 Å². The number of halogens is 1. The van der Waals surface area contributed by atoms with Gasteiger partial charge in [0.15, 0.2) is 3.55 Å². The number of nitrogens with zero attached hydrogens (tertiary/aromatic N) is 6. The van der Waals surface area contributed by atoms with Crippen LogP contribution in [0.2, 0.25) is 0 Å². The van der Waals surface area contributed by atoms with Crippen molar-refractivity contribution >= 4 is 39.1 Å². The number of hydrogen-bond donors (Lipinski definition) is 0. The summed E-state index contributed by atoms with van der Waals surface area (Å²) in [5.41, 5.74) is 5.84. The van der Waals surface area contributed by atoms with Gasteiger partial charge in [0, 0.05) is 30.9 Å². The Balaban J connectivity index is 1.19. The van der Waals surface area contributed by atoms with Gasteiger partial charge in [-0.15, -0.1) is 10.2 Å². The summed E-state index contributed by atoms with van der Waals surface area (Å²) in [6, 6.07) is 27.0. The van der Waals surface area contributed by atoms with Gasteiger partial charge in [0.2, 0.25) is 0 Å². The lowest BCUT2D eigenvalue weighted by atomic mass is 9.97. The number of benzene rings is 3. The molecule has 188 valence electrons. The van der Waals surface area contributed by atoms with Gasteiger partial charge >= 0.3 is 0 Å². The molecular formula is C30H25IN6O. The highest BCUT2D eigenvalue weighted by Gasteiger charge is 2.38. The maximum Gasteiger partial charge on any atom is 0.182 e. The van der Waals surface area contributed by atoms with Gasteiger partial charge in [-0.2, -0.15) is 0 Å². The largest absolute Gasteiger partial charge is 0.497 e. The fraction of sp³-hybridized carbons (Fsp3) is 0.167. The summed E-state index contributed by atoms with van der Waals surface area (Å²) in [5, 5.41) is 15.5. The molecule has 3 heterocycles. The van der Waals surface area contributed by atoms with Gasteiger partial charge in [-0.1, -0.05) is 54.6 Å². The van der Waals surface area contributed by atoms with E-state index in [0.717, 1.165) is 46.9 Å². The molecule has 1 aliphatic rings. The summed E-state index contributed by atoms with van der Waals surface area (Å²) in [5.74, 6) is 0.827. The zero-order chi connectivity index (χ0) is 26.0. The Kier molecular flexibility index (Phi) is 6.71.